The predicted octanol–water partition coefficient (Wildman–Crippen LogP) is 1.29. The van der Waals surface area contributed by atoms with Crippen LogP contribution in [0.4, 0.5) is 0 Å². The van der Waals surface area contributed by atoms with Gasteiger partial charge in [-0.05, 0) is 23.3 Å². The summed E-state index contributed by atoms with van der Waals surface area (Å²) >= 11 is 0. The summed E-state index contributed by atoms with van der Waals surface area (Å²) in [6.07, 6.45) is 0.709. The molecule has 1 amide bonds. The van der Waals surface area contributed by atoms with Crippen molar-refractivity contribution < 1.29 is 19.2 Å². The molecule has 0 aliphatic carbocycles. The smallest absolute Gasteiger partial charge is 0.298 e. The second-order valence-corrected chi connectivity index (χ2v) is 7.18. The number of hydrogen-bond acceptors (Lipinski definition) is 4. The Balaban J connectivity index is 1.58. The van der Waals surface area contributed by atoms with Gasteiger partial charge in [0.2, 0.25) is 0 Å². The van der Waals surface area contributed by atoms with E-state index in [0.29, 0.717) is 26.2 Å². The van der Waals surface area contributed by atoms with Gasteiger partial charge in [0.25, 0.3) is 5.91 Å². The summed E-state index contributed by atoms with van der Waals surface area (Å²) in [7, 11) is 1.65. The zero-order valence-corrected chi connectivity index (χ0v) is 16.1. The maximum Gasteiger partial charge on any atom is 0.298 e. The van der Waals surface area contributed by atoms with Crippen molar-refractivity contribution in [1.29, 1.82) is 0 Å². The minimum atomic E-state index is -0.0888. The number of benzene rings is 2. The summed E-state index contributed by atoms with van der Waals surface area (Å²) in [5.74, 6) is 0.866. The van der Waals surface area contributed by atoms with Crippen LogP contribution in [0.25, 0.3) is 0 Å². The molecule has 2 aliphatic rings. The molecular weight excluding hydrogens is 354 g/mol. The van der Waals surface area contributed by atoms with Gasteiger partial charge in [-0.2, -0.15) is 5.10 Å². The molecule has 0 spiro atoms. The first kappa shape index (κ1) is 18.7. The van der Waals surface area contributed by atoms with E-state index in [-0.39, 0.29) is 11.9 Å². The third kappa shape index (κ3) is 4.08. The number of rotatable bonds is 5. The maximum absolute atomic E-state index is 13.1. The van der Waals surface area contributed by atoms with Crippen molar-refractivity contribution in [3.63, 3.8) is 0 Å². The van der Waals surface area contributed by atoms with Gasteiger partial charge in [0.05, 0.1) is 32.1 Å². The molecule has 0 aromatic heterocycles. The molecule has 0 saturated carbocycles. The van der Waals surface area contributed by atoms with Gasteiger partial charge in [-0.25, -0.2) is 5.01 Å². The fourth-order valence-electron chi connectivity index (χ4n) is 3.76. The van der Waals surface area contributed by atoms with Crippen molar-refractivity contribution in [3.8, 4) is 5.75 Å². The standard InChI is InChI=1S/C22H25N3O3/c1-27-19-9-7-18(8-10-19)21-15-20(17-5-3-2-4-6-17)23-25(21)22(26)16-24-11-13-28-14-12-24/h2-10,21H,11-16H2,1H3/p+1/t21-/m1/s1. The summed E-state index contributed by atoms with van der Waals surface area (Å²) in [6.45, 7) is 3.60. The molecule has 146 valence electrons. The Hall–Kier alpha value is -2.70. The van der Waals surface area contributed by atoms with Crippen LogP contribution in [0.3, 0.4) is 0 Å². The molecule has 2 aromatic carbocycles. The topological polar surface area (TPSA) is 55.6 Å². The van der Waals surface area contributed by atoms with E-state index >= 15 is 0 Å². The molecule has 0 radical (unpaired) electrons. The lowest BCUT2D eigenvalue weighted by Crippen LogP contribution is -3.15. The second kappa shape index (κ2) is 8.54. The van der Waals surface area contributed by atoms with Crippen LogP contribution < -0.4 is 9.64 Å². The first-order valence-corrected chi connectivity index (χ1v) is 9.75. The molecule has 0 bridgehead atoms. The number of ether oxygens (including phenoxy) is 2. The number of amides is 1. The predicted molar refractivity (Wildman–Crippen MR) is 107 cm³/mol. The Kier molecular flexibility index (Phi) is 5.69. The molecule has 1 saturated heterocycles. The number of nitrogens with one attached hydrogen (secondary N) is 1. The number of hydrogen-bond donors (Lipinski definition) is 1. The van der Waals surface area contributed by atoms with Gasteiger partial charge in [-0.1, -0.05) is 42.5 Å². The van der Waals surface area contributed by atoms with Crippen molar-refractivity contribution in [3.05, 3.63) is 65.7 Å². The summed E-state index contributed by atoms with van der Waals surface area (Å²) in [4.78, 5) is 14.4. The van der Waals surface area contributed by atoms with Crippen LogP contribution in [-0.2, 0) is 9.53 Å². The Morgan fingerprint density at radius 1 is 1.14 bits per heavy atom. The Morgan fingerprint density at radius 2 is 1.86 bits per heavy atom. The molecular formula is C22H26N3O3+. The molecule has 1 atom stereocenters. The van der Waals surface area contributed by atoms with Crippen LogP contribution in [0.5, 0.6) is 5.75 Å². The fraction of sp³-hybridized carbons (Fsp3) is 0.364. The highest BCUT2D eigenvalue weighted by Crippen LogP contribution is 2.33. The van der Waals surface area contributed by atoms with Crippen molar-refractivity contribution in [2.75, 3.05) is 40.0 Å². The Morgan fingerprint density at radius 3 is 2.54 bits per heavy atom. The number of nitrogens with zero attached hydrogens (tertiary/aromatic N) is 2. The van der Waals surface area contributed by atoms with Crippen molar-refractivity contribution in [2.24, 2.45) is 5.10 Å². The molecule has 0 unspecified atom stereocenters. The zero-order valence-electron chi connectivity index (χ0n) is 16.1. The van der Waals surface area contributed by atoms with Crippen molar-refractivity contribution in [1.82, 2.24) is 5.01 Å². The summed E-state index contributed by atoms with van der Waals surface area (Å²) in [5.41, 5.74) is 3.09. The molecule has 4 rings (SSSR count). The lowest BCUT2D eigenvalue weighted by atomic mass is 9.98. The van der Waals surface area contributed by atoms with E-state index in [4.69, 9.17) is 14.6 Å². The van der Waals surface area contributed by atoms with E-state index in [2.05, 4.69) is 0 Å². The number of methoxy groups -OCH3 is 1. The lowest BCUT2D eigenvalue weighted by Gasteiger charge is -2.27. The van der Waals surface area contributed by atoms with Crippen LogP contribution in [-0.4, -0.2) is 56.6 Å². The number of carbonyl (C=O) groups is 1. The molecule has 6 nitrogen and oxygen atoms in total. The van der Waals surface area contributed by atoms with Crippen LogP contribution >= 0.6 is 0 Å². The second-order valence-electron chi connectivity index (χ2n) is 7.18. The van der Waals surface area contributed by atoms with E-state index in [9.17, 15) is 4.79 Å². The quantitative estimate of drug-likeness (QED) is 0.851. The van der Waals surface area contributed by atoms with Crippen molar-refractivity contribution in [2.45, 2.75) is 12.5 Å². The zero-order chi connectivity index (χ0) is 19.3. The number of morpholine rings is 1. The molecule has 2 aliphatic heterocycles. The third-order valence-corrected chi connectivity index (χ3v) is 5.37. The van der Waals surface area contributed by atoms with Gasteiger partial charge in [-0.3, -0.25) is 4.79 Å². The monoisotopic (exact) mass is 380 g/mol. The van der Waals surface area contributed by atoms with Gasteiger partial charge in [0.1, 0.15) is 18.8 Å². The normalized spacial score (nSPS) is 20.1. The lowest BCUT2D eigenvalue weighted by molar-refractivity contribution is -0.900. The molecule has 2 heterocycles. The van der Waals surface area contributed by atoms with E-state index < -0.39 is 0 Å². The maximum atomic E-state index is 13.1. The largest absolute Gasteiger partial charge is 0.497 e. The van der Waals surface area contributed by atoms with Gasteiger partial charge in [0, 0.05) is 6.42 Å². The fourth-order valence-corrected chi connectivity index (χ4v) is 3.76. The highest BCUT2D eigenvalue weighted by atomic mass is 16.5. The molecule has 6 heteroatoms. The third-order valence-electron chi connectivity index (χ3n) is 5.37. The first-order valence-electron chi connectivity index (χ1n) is 9.75. The minimum absolute atomic E-state index is 0.0589. The highest BCUT2D eigenvalue weighted by Gasteiger charge is 2.35. The SMILES string of the molecule is COc1ccc([C@H]2CC(c3ccccc3)=NN2C(=O)C[NH+]2CCOCC2)cc1. The number of quaternary nitrogens is 1. The average molecular weight is 380 g/mol. The van der Waals surface area contributed by atoms with Gasteiger partial charge in [0.15, 0.2) is 6.54 Å². The average Bonchev–Trinajstić information content (AvgIpc) is 3.21. The van der Waals surface area contributed by atoms with Crippen LogP contribution in [0.1, 0.15) is 23.6 Å². The van der Waals surface area contributed by atoms with E-state index in [1.807, 2.05) is 54.6 Å². The minimum Gasteiger partial charge on any atom is -0.497 e. The molecule has 1 N–H and O–H groups in total. The molecule has 1 fully saturated rings. The summed E-state index contributed by atoms with van der Waals surface area (Å²) in [6, 6.07) is 17.9. The first-order chi connectivity index (χ1) is 13.7. The van der Waals surface area contributed by atoms with Crippen LogP contribution in [0, 0.1) is 0 Å². The van der Waals surface area contributed by atoms with Crippen LogP contribution in [0.15, 0.2) is 59.7 Å². The number of carbonyl (C=O) groups excluding carboxylic acids is 1. The van der Waals surface area contributed by atoms with Crippen LogP contribution in [0.2, 0.25) is 0 Å². The Labute approximate surface area is 165 Å². The molecule has 2 aromatic rings. The van der Waals surface area contributed by atoms with Gasteiger partial charge < -0.3 is 14.4 Å². The van der Waals surface area contributed by atoms with E-state index in [1.165, 1.54) is 4.90 Å². The van der Waals surface area contributed by atoms with Gasteiger partial charge >= 0.3 is 0 Å². The van der Waals surface area contributed by atoms with Gasteiger partial charge in [-0.15, -0.1) is 0 Å². The summed E-state index contributed by atoms with van der Waals surface area (Å²) in [5, 5.41) is 6.44. The summed E-state index contributed by atoms with van der Waals surface area (Å²) < 4.78 is 10.7. The van der Waals surface area contributed by atoms with E-state index in [0.717, 1.165) is 35.7 Å². The highest BCUT2D eigenvalue weighted by molar-refractivity contribution is 6.03. The molecule has 28 heavy (non-hydrogen) atoms. The van der Waals surface area contributed by atoms with Crippen molar-refractivity contribution >= 4 is 11.6 Å². The van der Waals surface area contributed by atoms with E-state index in [1.54, 1.807) is 12.1 Å². The Bertz CT molecular complexity index is 830. The number of hydrazone groups is 1.